The molecule has 0 radical (unpaired) electrons. The molecule has 5 rings (SSSR count). The van der Waals surface area contributed by atoms with E-state index in [0.29, 0.717) is 37.0 Å². The normalized spacial score (nSPS) is 25.2. The first-order valence-corrected chi connectivity index (χ1v) is 10.4. The quantitative estimate of drug-likeness (QED) is 0.802. The second-order valence-corrected chi connectivity index (χ2v) is 8.48. The molecule has 3 fully saturated rings. The summed E-state index contributed by atoms with van der Waals surface area (Å²) in [6.07, 6.45) is 2.03. The van der Waals surface area contributed by atoms with Crippen molar-refractivity contribution >= 4 is 23.3 Å². The molecule has 1 aliphatic carbocycles. The van der Waals surface area contributed by atoms with Gasteiger partial charge < -0.3 is 9.47 Å². The predicted molar refractivity (Wildman–Crippen MR) is 111 cm³/mol. The Morgan fingerprint density at radius 2 is 1.76 bits per heavy atom. The molecule has 3 aliphatic rings. The number of benzene rings is 2. The van der Waals surface area contributed by atoms with E-state index in [0.717, 1.165) is 29.5 Å². The fourth-order valence-electron chi connectivity index (χ4n) is 4.65. The number of nitrogens with one attached hydrogen (secondary N) is 1. The second-order valence-electron chi connectivity index (χ2n) is 8.05. The third-order valence-electron chi connectivity index (χ3n) is 6.23. The number of carbonyl (C=O) groups is 1. The van der Waals surface area contributed by atoms with Crippen molar-refractivity contribution in [3.05, 3.63) is 59.1 Å². The van der Waals surface area contributed by atoms with Gasteiger partial charge in [0.25, 0.3) is 0 Å². The van der Waals surface area contributed by atoms with Crippen LogP contribution in [0.1, 0.15) is 24.8 Å². The van der Waals surface area contributed by atoms with E-state index in [4.69, 9.17) is 26.5 Å². The Labute approximate surface area is 175 Å². The van der Waals surface area contributed by atoms with Gasteiger partial charge in [0.1, 0.15) is 5.84 Å². The number of hydrogen-bond donors (Lipinski definition) is 1. The zero-order chi connectivity index (χ0) is 20.0. The van der Waals surface area contributed by atoms with Crippen LogP contribution in [-0.4, -0.2) is 42.7 Å². The second kappa shape index (κ2) is 7.24. The molecule has 1 amide bonds. The number of amidine groups is 1. The molecule has 2 aliphatic heterocycles. The van der Waals surface area contributed by atoms with Gasteiger partial charge in [-0.2, -0.15) is 0 Å². The van der Waals surface area contributed by atoms with Gasteiger partial charge in [-0.3, -0.25) is 15.1 Å². The lowest BCUT2D eigenvalue weighted by molar-refractivity contribution is -0.135. The molecule has 0 spiro atoms. The third-order valence-corrected chi connectivity index (χ3v) is 6.47. The topological polar surface area (TPSA) is 62.6 Å². The highest BCUT2D eigenvalue weighted by molar-refractivity contribution is 6.30. The summed E-state index contributed by atoms with van der Waals surface area (Å²) in [6.45, 7) is 1.37. The van der Waals surface area contributed by atoms with Crippen LogP contribution in [-0.2, 0) is 19.7 Å². The molecule has 1 saturated carbocycles. The van der Waals surface area contributed by atoms with E-state index >= 15 is 0 Å². The molecule has 2 saturated heterocycles. The molecule has 1 N–H and O–H groups in total. The van der Waals surface area contributed by atoms with Gasteiger partial charge >= 0.3 is 0 Å². The molecule has 0 bridgehead atoms. The van der Waals surface area contributed by atoms with Crippen LogP contribution >= 0.6 is 11.6 Å². The summed E-state index contributed by atoms with van der Waals surface area (Å²) >= 11 is 6.18. The highest BCUT2D eigenvalue weighted by atomic mass is 35.5. The first-order chi connectivity index (χ1) is 14.1. The first kappa shape index (κ1) is 18.8. The molecular formula is C23H23ClN2O3. The highest BCUT2D eigenvalue weighted by Gasteiger charge is 2.59. The number of hydrogen-bond acceptors (Lipinski definition) is 4. The number of amides is 1. The molecule has 2 aromatic carbocycles. The fraction of sp³-hybridized carbons (Fsp3) is 0.391. The Morgan fingerprint density at radius 3 is 2.45 bits per heavy atom. The SMILES string of the molecule is N=C1CC(c2cccc(-c3cccc(Cl)c3)c2)(C2CC2)C(=O)N1CC1OCCO1. The minimum Gasteiger partial charge on any atom is -0.348 e. The van der Waals surface area contributed by atoms with Gasteiger partial charge in [0.15, 0.2) is 6.29 Å². The van der Waals surface area contributed by atoms with Crippen LogP contribution in [0, 0.1) is 11.3 Å². The number of likely N-dealkylation sites (tertiary alicyclic amines) is 1. The van der Waals surface area contributed by atoms with E-state index in [1.165, 1.54) is 0 Å². The molecule has 5 nitrogen and oxygen atoms in total. The molecule has 2 heterocycles. The van der Waals surface area contributed by atoms with E-state index in [-0.39, 0.29) is 11.8 Å². The summed E-state index contributed by atoms with van der Waals surface area (Å²) in [5, 5.41) is 9.24. The molecule has 6 heteroatoms. The summed E-state index contributed by atoms with van der Waals surface area (Å²) < 4.78 is 11.0. The zero-order valence-corrected chi connectivity index (χ0v) is 16.8. The van der Waals surface area contributed by atoms with Gasteiger partial charge in [-0.05, 0) is 47.6 Å². The van der Waals surface area contributed by atoms with Gasteiger partial charge in [-0.1, -0.05) is 48.0 Å². The summed E-state index contributed by atoms with van der Waals surface area (Å²) in [5.41, 5.74) is 2.38. The smallest absolute Gasteiger partial charge is 0.239 e. The molecule has 2 aromatic rings. The Bertz CT molecular complexity index is 968. The summed E-state index contributed by atoms with van der Waals surface area (Å²) in [5.74, 6) is 0.641. The average Bonchev–Trinajstić information content (AvgIpc) is 3.39. The van der Waals surface area contributed by atoms with Crippen LogP contribution in [0.4, 0.5) is 0 Å². The van der Waals surface area contributed by atoms with E-state index in [1.54, 1.807) is 4.90 Å². The van der Waals surface area contributed by atoms with Crippen LogP contribution in [0.25, 0.3) is 11.1 Å². The van der Waals surface area contributed by atoms with Crippen molar-refractivity contribution in [2.75, 3.05) is 19.8 Å². The fourth-order valence-corrected chi connectivity index (χ4v) is 4.84. The maximum absolute atomic E-state index is 13.7. The molecular weight excluding hydrogens is 388 g/mol. The monoisotopic (exact) mass is 410 g/mol. The first-order valence-electron chi connectivity index (χ1n) is 10.1. The highest BCUT2D eigenvalue weighted by Crippen LogP contribution is 2.54. The number of halogens is 1. The van der Waals surface area contributed by atoms with Crippen molar-refractivity contribution < 1.29 is 14.3 Å². The van der Waals surface area contributed by atoms with Gasteiger partial charge in [0, 0.05) is 11.4 Å². The Kier molecular flexibility index (Phi) is 4.69. The summed E-state index contributed by atoms with van der Waals surface area (Å²) in [6, 6.07) is 15.9. The Morgan fingerprint density at radius 1 is 1.07 bits per heavy atom. The predicted octanol–water partition coefficient (Wildman–Crippen LogP) is 4.24. The lowest BCUT2D eigenvalue weighted by Gasteiger charge is -2.29. The molecule has 150 valence electrons. The van der Waals surface area contributed by atoms with Crippen molar-refractivity contribution in [3.63, 3.8) is 0 Å². The molecule has 29 heavy (non-hydrogen) atoms. The Hall–Kier alpha value is -2.21. The largest absolute Gasteiger partial charge is 0.348 e. The average molecular weight is 411 g/mol. The van der Waals surface area contributed by atoms with E-state index in [1.807, 2.05) is 42.5 Å². The summed E-state index contributed by atoms with van der Waals surface area (Å²) in [4.78, 5) is 15.2. The molecule has 1 unspecified atom stereocenters. The minimum atomic E-state index is -0.662. The zero-order valence-electron chi connectivity index (χ0n) is 16.1. The maximum atomic E-state index is 13.7. The lowest BCUT2D eigenvalue weighted by Crippen LogP contribution is -2.43. The van der Waals surface area contributed by atoms with Crippen molar-refractivity contribution in [2.24, 2.45) is 5.92 Å². The number of ether oxygens (including phenoxy) is 2. The van der Waals surface area contributed by atoms with Crippen LogP contribution < -0.4 is 0 Å². The van der Waals surface area contributed by atoms with Crippen molar-refractivity contribution in [2.45, 2.75) is 31.0 Å². The number of nitrogens with zero attached hydrogens (tertiary/aromatic N) is 1. The van der Waals surface area contributed by atoms with Crippen LogP contribution in [0.5, 0.6) is 0 Å². The van der Waals surface area contributed by atoms with Crippen molar-refractivity contribution in [1.82, 2.24) is 4.90 Å². The van der Waals surface area contributed by atoms with E-state index < -0.39 is 11.7 Å². The van der Waals surface area contributed by atoms with Gasteiger partial charge in [0.05, 0.1) is 25.2 Å². The van der Waals surface area contributed by atoms with Crippen LogP contribution in [0.3, 0.4) is 0 Å². The number of carbonyl (C=O) groups excluding carboxylic acids is 1. The number of rotatable bonds is 5. The van der Waals surface area contributed by atoms with E-state index in [2.05, 4.69) is 6.07 Å². The van der Waals surface area contributed by atoms with Gasteiger partial charge in [0.2, 0.25) is 5.91 Å². The van der Waals surface area contributed by atoms with Crippen LogP contribution in [0.15, 0.2) is 48.5 Å². The van der Waals surface area contributed by atoms with Crippen molar-refractivity contribution in [1.29, 1.82) is 5.41 Å². The standard InChI is InChI=1S/C23H23ClN2O3/c24-19-6-2-4-16(12-19)15-3-1-5-18(11-15)23(17-7-8-17)13-20(25)26(22(23)27)14-21-28-9-10-29-21/h1-6,11-12,17,21,25H,7-10,13-14H2. The molecule has 1 atom stereocenters. The van der Waals surface area contributed by atoms with E-state index in [9.17, 15) is 4.79 Å². The Balaban J connectivity index is 1.51. The van der Waals surface area contributed by atoms with Crippen molar-refractivity contribution in [3.8, 4) is 11.1 Å². The maximum Gasteiger partial charge on any atom is 0.239 e. The molecule has 0 aromatic heterocycles. The lowest BCUT2D eigenvalue weighted by atomic mass is 9.74. The summed E-state index contributed by atoms with van der Waals surface area (Å²) in [7, 11) is 0. The minimum absolute atomic E-state index is 0.00680. The third kappa shape index (κ3) is 3.27. The van der Waals surface area contributed by atoms with Crippen LogP contribution in [0.2, 0.25) is 5.02 Å². The van der Waals surface area contributed by atoms with Gasteiger partial charge in [-0.25, -0.2) is 0 Å². The van der Waals surface area contributed by atoms with Gasteiger partial charge in [-0.15, -0.1) is 0 Å².